The van der Waals surface area contributed by atoms with Crippen molar-refractivity contribution in [1.29, 1.82) is 0 Å². The van der Waals surface area contributed by atoms with E-state index in [1.807, 2.05) is 25.1 Å². The van der Waals surface area contributed by atoms with Crippen LogP contribution in [0.5, 0.6) is 0 Å². The first-order valence-electron chi connectivity index (χ1n) is 12.9. The number of halogens is 1. The van der Waals surface area contributed by atoms with Crippen LogP contribution in [0.3, 0.4) is 0 Å². The molecule has 0 unspecified atom stereocenters. The molecule has 0 radical (unpaired) electrons. The lowest BCUT2D eigenvalue weighted by atomic mass is 9.85. The Morgan fingerprint density at radius 1 is 0.882 bits per heavy atom. The van der Waals surface area contributed by atoms with Crippen molar-refractivity contribution in [1.82, 2.24) is 5.32 Å². The molecule has 3 nitrogen and oxygen atoms in total. The van der Waals surface area contributed by atoms with Crippen molar-refractivity contribution in [2.45, 2.75) is 98.1 Å². The van der Waals surface area contributed by atoms with E-state index in [2.05, 4.69) is 38.3 Å². The lowest BCUT2D eigenvalue weighted by molar-refractivity contribution is -0.118. The first-order chi connectivity index (χ1) is 16.3. The van der Waals surface area contributed by atoms with Crippen LogP contribution in [0.25, 0.3) is 17.2 Å². The highest BCUT2D eigenvalue weighted by Crippen LogP contribution is 2.37. The molecule has 1 amide bonds. The van der Waals surface area contributed by atoms with Crippen LogP contribution in [-0.2, 0) is 4.79 Å². The Bertz CT molecular complexity index is 1080. The van der Waals surface area contributed by atoms with Gasteiger partial charge >= 0.3 is 0 Å². The minimum atomic E-state index is -0.191. The van der Waals surface area contributed by atoms with Crippen molar-refractivity contribution in [3.8, 4) is 11.1 Å². The summed E-state index contributed by atoms with van der Waals surface area (Å²) >= 11 is 0. The summed E-state index contributed by atoms with van der Waals surface area (Å²) in [4.78, 5) is 12.7. The summed E-state index contributed by atoms with van der Waals surface area (Å²) in [7, 11) is 0. The molecule has 0 bridgehead atoms. The first-order valence-corrected chi connectivity index (χ1v) is 12.9. The second-order valence-corrected chi connectivity index (χ2v) is 10.4. The van der Waals surface area contributed by atoms with Crippen LogP contribution in [0.4, 0.5) is 10.1 Å². The zero-order chi connectivity index (χ0) is 24.4. The second kappa shape index (κ2) is 10.3. The molecule has 2 aromatic carbocycles. The third kappa shape index (κ3) is 5.06. The summed E-state index contributed by atoms with van der Waals surface area (Å²) in [6.07, 6.45) is 11.4. The number of hydrogen-bond donors (Lipinski definition) is 2. The highest BCUT2D eigenvalue weighted by Gasteiger charge is 2.21. The number of nitrogens with one attached hydrogen (secondary N) is 2. The van der Waals surface area contributed by atoms with E-state index in [0.29, 0.717) is 17.6 Å². The zero-order valence-corrected chi connectivity index (χ0v) is 21.4. The minimum absolute atomic E-state index is 0.0153. The van der Waals surface area contributed by atoms with Crippen molar-refractivity contribution in [3.05, 3.63) is 57.4 Å². The second-order valence-electron chi connectivity index (χ2n) is 10.4. The third-order valence-corrected chi connectivity index (χ3v) is 8.06. The van der Waals surface area contributed by atoms with Crippen LogP contribution >= 0.6 is 0 Å². The number of amides is 1. The summed E-state index contributed by atoms with van der Waals surface area (Å²) in [5.41, 5.74) is 8.57. The van der Waals surface area contributed by atoms with E-state index in [9.17, 15) is 4.79 Å². The van der Waals surface area contributed by atoms with Crippen LogP contribution in [0.1, 0.15) is 86.1 Å². The molecule has 2 N–H and O–H groups in total. The van der Waals surface area contributed by atoms with E-state index in [1.165, 1.54) is 25.7 Å². The lowest BCUT2D eigenvalue weighted by Crippen LogP contribution is -2.33. The van der Waals surface area contributed by atoms with Gasteiger partial charge in [-0.05, 0) is 118 Å². The van der Waals surface area contributed by atoms with E-state index in [-0.39, 0.29) is 11.7 Å². The third-order valence-electron chi connectivity index (χ3n) is 8.06. The van der Waals surface area contributed by atoms with Crippen LogP contribution in [0.2, 0.25) is 0 Å². The van der Waals surface area contributed by atoms with Gasteiger partial charge in [0.2, 0.25) is 5.91 Å². The number of rotatable bonds is 6. The minimum Gasteiger partial charge on any atom is -0.382 e. The number of carbonyl (C=O) groups excluding carboxylic acids is 1. The van der Waals surface area contributed by atoms with Crippen molar-refractivity contribution >= 4 is 17.7 Å². The Kier molecular flexibility index (Phi) is 7.45. The number of anilines is 1. The maximum absolute atomic E-state index is 15.3. The smallest absolute Gasteiger partial charge is 0.247 e. The van der Waals surface area contributed by atoms with Gasteiger partial charge in [-0.3, -0.25) is 4.79 Å². The Balaban J connectivity index is 1.63. The molecule has 4 heteroatoms. The first kappa shape index (κ1) is 24.5. The largest absolute Gasteiger partial charge is 0.382 e. The molecule has 4 rings (SSSR count). The zero-order valence-electron chi connectivity index (χ0n) is 21.4. The fourth-order valence-electron chi connectivity index (χ4n) is 5.73. The lowest BCUT2D eigenvalue weighted by Gasteiger charge is -2.21. The Labute approximate surface area is 204 Å². The van der Waals surface area contributed by atoms with E-state index in [0.717, 1.165) is 70.3 Å². The molecule has 2 aromatic rings. The average molecular weight is 463 g/mol. The Hall–Kier alpha value is -2.62. The van der Waals surface area contributed by atoms with Gasteiger partial charge in [-0.2, -0.15) is 0 Å². The highest BCUT2D eigenvalue weighted by molar-refractivity contribution is 5.98. The van der Waals surface area contributed by atoms with E-state index in [4.69, 9.17) is 0 Å². The van der Waals surface area contributed by atoms with Gasteiger partial charge in [0.05, 0.1) is 0 Å². The number of hydrogen-bond acceptors (Lipinski definition) is 2. The molecule has 0 heterocycles. The van der Waals surface area contributed by atoms with E-state index >= 15 is 4.39 Å². The normalized spacial score (nSPS) is 17.4. The van der Waals surface area contributed by atoms with Gasteiger partial charge in [-0.25, -0.2) is 4.39 Å². The topological polar surface area (TPSA) is 41.1 Å². The summed E-state index contributed by atoms with van der Waals surface area (Å²) in [5, 5.41) is 6.67. The molecule has 34 heavy (non-hydrogen) atoms. The highest BCUT2D eigenvalue weighted by atomic mass is 19.1. The maximum Gasteiger partial charge on any atom is 0.247 e. The standard InChI is InChI=1S/C30H39FN2O/c1-18(30(34)33-24-12-8-9-13-24)16-27-19(2)21(4)29(22(5)20(27)3)26-15-14-25(17-28(26)31)32-23-10-6-7-11-23/h14-17,23-24,32H,6-13H2,1-5H3,(H,33,34). The molecule has 2 saturated carbocycles. The van der Waals surface area contributed by atoms with Gasteiger partial charge in [0.1, 0.15) is 5.82 Å². The molecule has 2 aliphatic carbocycles. The van der Waals surface area contributed by atoms with E-state index in [1.54, 1.807) is 6.07 Å². The maximum atomic E-state index is 15.3. The van der Waals surface area contributed by atoms with Crippen molar-refractivity contribution in [3.63, 3.8) is 0 Å². The molecule has 182 valence electrons. The molecule has 0 aromatic heterocycles. The fourth-order valence-corrected chi connectivity index (χ4v) is 5.73. The van der Waals surface area contributed by atoms with Gasteiger partial charge in [-0.1, -0.05) is 25.7 Å². The summed E-state index contributed by atoms with van der Waals surface area (Å²) < 4.78 is 15.3. The van der Waals surface area contributed by atoms with Crippen LogP contribution in [-0.4, -0.2) is 18.0 Å². The molecule has 0 atom stereocenters. The SMILES string of the molecule is CC(=Cc1c(C)c(C)c(-c2ccc(NC3CCCC3)cc2F)c(C)c1C)C(=O)NC1CCCC1. The Morgan fingerprint density at radius 3 is 2.00 bits per heavy atom. The van der Waals surface area contributed by atoms with Crippen molar-refractivity contribution in [2.75, 3.05) is 5.32 Å². The summed E-state index contributed by atoms with van der Waals surface area (Å²) in [5.74, 6) is -0.176. The van der Waals surface area contributed by atoms with Crippen LogP contribution in [0.15, 0.2) is 23.8 Å². The number of carbonyl (C=O) groups is 1. The number of benzene rings is 2. The molecule has 2 fully saturated rings. The predicted molar refractivity (Wildman–Crippen MR) is 141 cm³/mol. The van der Waals surface area contributed by atoms with Crippen molar-refractivity contribution < 1.29 is 9.18 Å². The van der Waals surface area contributed by atoms with Gasteiger partial charge in [0.15, 0.2) is 0 Å². The van der Waals surface area contributed by atoms with Gasteiger partial charge in [0, 0.05) is 28.9 Å². The van der Waals surface area contributed by atoms with Gasteiger partial charge < -0.3 is 10.6 Å². The average Bonchev–Trinajstić information content (AvgIpc) is 3.51. The molecule has 0 spiro atoms. The molecule has 2 aliphatic rings. The molecular weight excluding hydrogens is 423 g/mol. The van der Waals surface area contributed by atoms with Gasteiger partial charge in [0.25, 0.3) is 0 Å². The summed E-state index contributed by atoms with van der Waals surface area (Å²) in [6.45, 7) is 10.2. The molecule has 0 aliphatic heterocycles. The van der Waals surface area contributed by atoms with Crippen LogP contribution in [0, 0.1) is 33.5 Å². The van der Waals surface area contributed by atoms with E-state index < -0.39 is 0 Å². The van der Waals surface area contributed by atoms with Gasteiger partial charge in [-0.15, -0.1) is 0 Å². The molecule has 0 saturated heterocycles. The fraction of sp³-hybridized carbons (Fsp3) is 0.500. The molecular formula is C30H39FN2O. The quantitative estimate of drug-likeness (QED) is 0.435. The van der Waals surface area contributed by atoms with Crippen molar-refractivity contribution in [2.24, 2.45) is 0 Å². The predicted octanol–water partition coefficient (Wildman–Crippen LogP) is 7.54. The summed E-state index contributed by atoms with van der Waals surface area (Å²) in [6, 6.07) is 6.32. The van der Waals surface area contributed by atoms with Crippen LogP contribution < -0.4 is 10.6 Å². The monoisotopic (exact) mass is 462 g/mol. The Morgan fingerprint density at radius 2 is 1.44 bits per heavy atom.